The number of hydrogen-bond acceptors (Lipinski definition) is 5. The maximum absolute atomic E-state index is 13.3. The zero-order chi connectivity index (χ0) is 13.2. The van der Waals surface area contributed by atoms with Crippen LogP contribution < -0.4 is 0 Å². The normalized spacial score (nSPS) is 29.4. The van der Waals surface area contributed by atoms with Gasteiger partial charge in [0.25, 0.3) is 0 Å². The minimum Gasteiger partial charge on any atom is -0.395 e. The molecule has 0 radical (unpaired) electrons. The number of likely N-dealkylation sites (tertiary alicyclic amines) is 1. The highest BCUT2D eigenvalue weighted by Gasteiger charge is 2.33. The van der Waals surface area contributed by atoms with Gasteiger partial charge in [-0.15, -0.1) is 0 Å². The Morgan fingerprint density at radius 3 is 2.89 bits per heavy atom. The Hall–Kier alpha value is -1.01. The lowest BCUT2D eigenvalue weighted by molar-refractivity contribution is 0.140. The van der Waals surface area contributed by atoms with Gasteiger partial charge in [-0.05, 0) is 19.3 Å². The summed E-state index contributed by atoms with van der Waals surface area (Å²) in [4.78, 5) is 6.31. The number of halogens is 1. The number of aliphatic hydroxyl groups excluding tert-OH is 1. The van der Waals surface area contributed by atoms with Crippen molar-refractivity contribution in [1.29, 1.82) is 0 Å². The first kappa shape index (κ1) is 13.0. The summed E-state index contributed by atoms with van der Waals surface area (Å²) >= 11 is 0. The van der Waals surface area contributed by atoms with Crippen LogP contribution in [0.3, 0.4) is 0 Å². The summed E-state index contributed by atoms with van der Waals surface area (Å²) in [5.41, 5.74) is 0. The van der Waals surface area contributed by atoms with E-state index in [0.717, 1.165) is 18.7 Å². The molecule has 1 saturated heterocycles. The van der Waals surface area contributed by atoms with Gasteiger partial charge in [-0.1, -0.05) is 18.0 Å². The molecule has 6 heteroatoms. The lowest BCUT2D eigenvalue weighted by Crippen LogP contribution is -2.31. The predicted molar refractivity (Wildman–Crippen MR) is 66.3 cm³/mol. The molecular formula is C13H20FN3O2. The maximum atomic E-state index is 13.3. The summed E-state index contributed by atoms with van der Waals surface area (Å²) in [5.74, 6) is 1.76. The molecule has 0 bridgehead atoms. The first-order valence-corrected chi connectivity index (χ1v) is 7.07. The van der Waals surface area contributed by atoms with Crippen LogP contribution in [0.25, 0.3) is 0 Å². The molecule has 106 valence electrons. The average Bonchev–Trinajstić information content (AvgIpc) is 3.09. The van der Waals surface area contributed by atoms with Crippen LogP contribution in [-0.4, -0.2) is 45.5 Å². The quantitative estimate of drug-likeness (QED) is 0.900. The van der Waals surface area contributed by atoms with Crippen LogP contribution in [0.15, 0.2) is 4.52 Å². The van der Waals surface area contributed by atoms with E-state index >= 15 is 0 Å². The number of aliphatic hydroxyl groups is 1. The Kier molecular flexibility index (Phi) is 3.79. The molecule has 1 saturated carbocycles. The minimum atomic E-state index is -0.866. The van der Waals surface area contributed by atoms with Gasteiger partial charge >= 0.3 is 0 Å². The van der Waals surface area contributed by atoms with Crippen LogP contribution in [0, 0.1) is 0 Å². The van der Waals surface area contributed by atoms with Crippen LogP contribution in [0.2, 0.25) is 0 Å². The van der Waals surface area contributed by atoms with Gasteiger partial charge in [-0.2, -0.15) is 4.98 Å². The molecule has 2 heterocycles. The Balaban J connectivity index is 1.63. The fourth-order valence-corrected chi connectivity index (χ4v) is 3.16. The zero-order valence-electron chi connectivity index (χ0n) is 11.0. The monoisotopic (exact) mass is 269 g/mol. The van der Waals surface area contributed by atoms with E-state index < -0.39 is 6.17 Å². The van der Waals surface area contributed by atoms with Crippen molar-refractivity contribution in [3.05, 3.63) is 11.7 Å². The molecule has 1 aromatic rings. The topological polar surface area (TPSA) is 62.4 Å². The van der Waals surface area contributed by atoms with Gasteiger partial charge in [0.1, 0.15) is 6.17 Å². The van der Waals surface area contributed by atoms with Gasteiger partial charge in [-0.25, -0.2) is 4.39 Å². The van der Waals surface area contributed by atoms with Crippen LogP contribution in [0.4, 0.5) is 4.39 Å². The molecule has 1 N–H and O–H groups in total. The Morgan fingerprint density at radius 1 is 1.37 bits per heavy atom. The highest BCUT2D eigenvalue weighted by atomic mass is 19.1. The Labute approximate surface area is 111 Å². The molecule has 0 spiro atoms. The summed E-state index contributed by atoms with van der Waals surface area (Å²) in [6, 6.07) is -0.128. The second-order valence-corrected chi connectivity index (χ2v) is 5.63. The standard InChI is InChI=1S/C13H20FN3O2/c14-10-5-11(8-18)17(6-10)7-12-15-13(16-19-12)9-3-1-2-4-9/h9-11,18H,1-8H2/t10-,11-/m0/s1. The molecule has 5 nitrogen and oxygen atoms in total. The van der Waals surface area contributed by atoms with E-state index in [9.17, 15) is 9.50 Å². The summed E-state index contributed by atoms with van der Waals surface area (Å²) in [7, 11) is 0. The lowest BCUT2D eigenvalue weighted by Gasteiger charge is -2.19. The van der Waals surface area contributed by atoms with E-state index in [-0.39, 0.29) is 12.6 Å². The third-order valence-corrected chi connectivity index (χ3v) is 4.23. The maximum Gasteiger partial charge on any atom is 0.240 e. The fourth-order valence-electron chi connectivity index (χ4n) is 3.16. The van der Waals surface area contributed by atoms with Gasteiger partial charge in [0.15, 0.2) is 5.82 Å². The first-order valence-electron chi connectivity index (χ1n) is 7.07. The number of hydrogen-bond donors (Lipinski definition) is 1. The number of aromatic nitrogens is 2. The summed E-state index contributed by atoms with van der Waals surface area (Å²) in [6.45, 7) is 0.752. The molecule has 0 unspecified atom stereocenters. The fraction of sp³-hybridized carbons (Fsp3) is 0.846. The summed E-state index contributed by atoms with van der Waals surface area (Å²) in [6.07, 6.45) is 4.26. The largest absolute Gasteiger partial charge is 0.395 e. The van der Waals surface area contributed by atoms with E-state index in [2.05, 4.69) is 10.1 Å². The van der Waals surface area contributed by atoms with Crippen molar-refractivity contribution in [2.24, 2.45) is 0 Å². The van der Waals surface area contributed by atoms with E-state index in [1.54, 1.807) is 0 Å². The van der Waals surface area contributed by atoms with Gasteiger partial charge in [0.2, 0.25) is 5.89 Å². The molecule has 19 heavy (non-hydrogen) atoms. The van der Waals surface area contributed by atoms with E-state index in [1.165, 1.54) is 12.8 Å². The molecular weight excluding hydrogens is 249 g/mol. The molecule has 0 amide bonds. The lowest BCUT2D eigenvalue weighted by atomic mass is 10.1. The zero-order valence-corrected chi connectivity index (χ0v) is 11.0. The number of nitrogens with zero attached hydrogens (tertiary/aromatic N) is 3. The van der Waals surface area contributed by atoms with Gasteiger partial charge in [0.05, 0.1) is 13.2 Å². The van der Waals surface area contributed by atoms with Gasteiger partial charge in [-0.3, -0.25) is 4.90 Å². The van der Waals surface area contributed by atoms with Crippen LogP contribution in [-0.2, 0) is 6.54 Å². The van der Waals surface area contributed by atoms with E-state index in [4.69, 9.17) is 4.52 Å². The van der Waals surface area contributed by atoms with Gasteiger partial charge in [0, 0.05) is 18.5 Å². The molecule has 2 fully saturated rings. The molecule has 1 aliphatic heterocycles. The number of rotatable bonds is 4. The van der Waals surface area contributed by atoms with Crippen LogP contribution >= 0.6 is 0 Å². The highest BCUT2D eigenvalue weighted by Crippen LogP contribution is 2.32. The van der Waals surface area contributed by atoms with Crippen molar-refractivity contribution in [2.75, 3.05) is 13.2 Å². The van der Waals surface area contributed by atoms with Crippen LogP contribution in [0.5, 0.6) is 0 Å². The molecule has 1 aliphatic carbocycles. The van der Waals surface area contributed by atoms with Crippen molar-refractivity contribution >= 4 is 0 Å². The number of alkyl halides is 1. The molecule has 1 aromatic heterocycles. The Morgan fingerprint density at radius 2 is 2.16 bits per heavy atom. The smallest absolute Gasteiger partial charge is 0.240 e. The third-order valence-electron chi connectivity index (χ3n) is 4.23. The van der Waals surface area contributed by atoms with Crippen molar-refractivity contribution in [2.45, 2.75) is 56.8 Å². The third kappa shape index (κ3) is 2.79. The minimum absolute atomic E-state index is 0.0238. The van der Waals surface area contributed by atoms with Crippen molar-refractivity contribution in [3.8, 4) is 0 Å². The van der Waals surface area contributed by atoms with E-state index in [0.29, 0.717) is 31.3 Å². The Bertz CT molecular complexity index is 420. The molecule has 2 atom stereocenters. The average molecular weight is 269 g/mol. The second-order valence-electron chi connectivity index (χ2n) is 5.63. The molecule has 2 aliphatic rings. The first-order chi connectivity index (χ1) is 9.26. The van der Waals surface area contributed by atoms with Gasteiger partial charge < -0.3 is 9.63 Å². The predicted octanol–water partition coefficient (Wildman–Crippen LogP) is 1.63. The van der Waals surface area contributed by atoms with Crippen molar-refractivity contribution in [3.63, 3.8) is 0 Å². The van der Waals surface area contributed by atoms with Crippen LogP contribution in [0.1, 0.15) is 49.7 Å². The van der Waals surface area contributed by atoms with Crippen molar-refractivity contribution < 1.29 is 14.0 Å². The molecule has 3 rings (SSSR count). The molecule has 0 aromatic carbocycles. The summed E-state index contributed by atoms with van der Waals surface area (Å²) in [5, 5.41) is 13.3. The SMILES string of the molecule is OC[C@@H]1C[C@H](F)CN1Cc1nc(C2CCCC2)no1. The summed E-state index contributed by atoms with van der Waals surface area (Å²) < 4.78 is 18.6. The highest BCUT2D eigenvalue weighted by molar-refractivity contribution is 4.98. The second kappa shape index (κ2) is 5.54. The van der Waals surface area contributed by atoms with E-state index in [1.807, 2.05) is 4.90 Å². The van der Waals surface area contributed by atoms with Crippen molar-refractivity contribution in [1.82, 2.24) is 15.0 Å².